The molecule has 4 heteroatoms. The van der Waals surface area contributed by atoms with Crippen molar-refractivity contribution >= 4 is 5.96 Å². The summed E-state index contributed by atoms with van der Waals surface area (Å²) in [6, 6.07) is 12.3. The number of benzene rings is 2. The maximum absolute atomic E-state index is 9.87. The topological polar surface area (TPSA) is 56.7 Å². The van der Waals surface area contributed by atoms with Crippen molar-refractivity contribution in [1.29, 1.82) is 0 Å². The van der Waals surface area contributed by atoms with Gasteiger partial charge in [-0.25, -0.2) is 4.99 Å². The van der Waals surface area contributed by atoms with Gasteiger partial charge in [0, 0.05) is 13.1 Å². The molecule has 128 valence electrons. The van der Waals surface area contributed by atoms with E-state index < -0.39 is 0 Å². The fourth-order valence-corrected chi connectivity index (χ4v) is 2.64. The van der Waals surface area contributed by atoms with Crippen molar-refractivity contribution in [3.8, 4) is 5.75 Å². The van der Waals surface area contributed by atoms with Crippen molar-refractivity contribution in [3.05, 3.63) is 64.2 Å². The number of hydrogen-bond acceptors (Lipinski definition) is 2. The number of aromatic hydroxyl groups is 1. The predicted molar refractivity (Wildman–Crippen MR) is 100 cm³/mol. The standard InChI is InChI=1S/C20H27N3O/c1-5-21-20(23-13-18-9-7-6-8-14(18)2)22-12-17-10-15(3)19(24)16(4)11-17/h6-11,24H,5,12-13H2,1-4H3,(H2,21,22,23). The van der Waals surface area contributed by atoms with Gasteiger partial charge in [0.2, 0.25) is 0 Å². The largest absolute Gasteiger partial charge is 0.507 e. The molecule has 24 heavy (non-hydrogen) atoms. The van der Waals surface area contributed by atoms with Gasteiger partial charge in [-0.15, -0.1) is 0 Å². The Morgan fingerprint density at radius 3 is 2.29 bits per heavy atom. The van der Waals surface area contributed by atoms with Gasteiger partial charge in [0.15, 0.2) is 5.96 Å². The molecule has 0 saturated heterocycles. The Hall–Kier alpha value is -2.49. The van der Waals surface area contributed by atoms with Crippen molar-refractivity contribution in [2.75, 3.05) is 6.54 Å². The van der Waals surface area contributed by atoms with Crippen molar-refractivity contribution in [2.24, 2.45) is 4.99 Å². The van der Waals surface area contributed by atoms with Crippen LogP contribution in [0.2, 0.25) is 0 Å². The molecular weight excluding hydrogens is 298 g/mol. The van der Waals surface area contributed by atoms with Gasteiger partial charge in [0.1, 0.15) is 5.75 Å². The summed E-state index contributed by atoms with van der Waals surface area (Å²) in [4.78, 5) is 4.65. The number of nitrogens with zero attached hydrogens (tertiary/aromatic N) is 1. The minimum absolute atomic E-state index is 0.368. The van der Waals surface area contributed by atoms with E-state index in [9.17, 15) is 5.11 Å². The van der Waals surface area contributed by atoms with Crippen molar-refractivity contribution in [1.82, 2.24) is 10.6 Å². The van der Waals surface area contributed by atoms with Gasteiger partial charge in [0.05, 0.1) is 6.54 Å². The molecule has 2 aromatic carbocycles. The maximum atomic E-state index is 9.87. The molecule has 0 unspecified atom stereocenters. The van der Waals surface area contributed by atoms with E-state index in [1.807, 2.05) is 32.0 Å². The number of hydrogen-bond donors (Lipinski definition) is 3. The van der Waals surface area contributed by atoms with Gasteiger partial charge in [0.25, 0.3) is 0 Å². The first-order chi connectivity index (χ1) is 11.5. The van der Waals surface area contributed by atoms with Crippen LogP contribution in [-0.4, -0.2) is 17.6 Å². The molecule has 0 aliphatic carbocycles. The number of rotatable bonds is 5. The number of guanidine groups is 1. The van der Waals surface area contributed by atoms with Crippen LogP contribution in [0.25, 0.3) is 0 Å². The predicted octanol–water partition coefficient (Wildman–Crippen LogP) is 3.57. The Bertz CT molecular complexity index is 700. The zero-order valence-electron chi connectivity index (χ0n) is 15.0. The van der Waals surface area contributed by atoms with E-state index in [4.69, 9.17) is 0 Å². The number of phenols is 1. The maximum Gasteiger partial charge on any atom is 0.191 e. The molecule has 0 radical (unpaired) electrons. The first-order valence-corrected chi connectivity index (χ1v) is 8.37. The van der Waals surface area contributed by atoms with Crippen LogP contribution < -0.4 is 10.6 Å². The molecule has 0 amide bonds. The molecule has 0 spiro atoms. The van der Waals surface area contributed by atoms with Crippen LogP contribution in [0.15, 0.2) is 41.4 Å². The molecular formula is C20H27N3O. The third kappa shape index (κ3) is 4.75. The minimum Gasteiger partial charge on any atom is -0.507 e. The van der Waals surface area contributed by atoms with Crippen LogP contribution in [-0.2, 0) is 13.1 Å². The van der Waals surface area contributed by atoms with Crippen molar-refractivity contribution < 1.29 is 5.11 Å². The summed E-state index contributed by atoms with van der Waals surface area (Å²) < 4.78 is 0. The van der Waals surface area contributed by atoms with Gasteiger partial charge in [-0.2, -0.15) is 0 Å². The first kappa shape index (κ1) is 17.9. The van der Waals surface area contributed by atoms with Crippen LogP contribution in [0.4, 0.5) is 0 Å². The lowest BCUT2D eigenvalue weighted by molar-refractivity contribution is 0.466. The lowest BCUT2D eigenvalue weighted by Crippen LogP contribution is -2.36. The average molecular weight is 325 g/mol. The zero-order chi connectivity index (χ0) is 17.5. The van der Waals surface area contributed by atoms with Crippen LogP contribution >= 0.6 is 0 Å². The Kier molecular flexibility index (Phi) is 6.24. The third-order valence-corrected chi connectivity index (χ3v) is 4.02. The second-order valence-corrected chi connectivity index (χ2v) is 6.05. The second-order valence-electron chi connectivity index (χ2n) is 6.05. The molecule has 0 aliphatic heterocycles. The van der Waals surface area contributed by atoms with Crippen LogP contribution in [0.1, 0.15) is 34.7 Å². The van der Waals surface area contributed by atoms with Gasteiger partial charge in [-0.05, 0) is 55.5 Å². The van der Waals surface area contributed by atoms with E-state index in [2.05, 4.69) is 47.7 Å². The molecule has 0 heterocycles. The fourth-order valence-electron chi connectivity index (χ4n) is 2.64. The smallest absolute Gasteiger partial charge is 0.191 e. The van der Waals surface area contributed by atoms with Crippen LogP contribution in [0.3, 0.4) is 0 Å². The van der Waals surface area contributed by atoms with E-state index in [0.29, 0.717) is 12.3 Å². The molecule has 0 bridgehead atoms. The monoisotopic (exact) mass is 325 g/mol. The van der Waals surface area contributed by atoms with Gasteiger partial charge in [-0.3, -0.25) is 0 Å². The normalized spacial score (nSPS) is 11.4. The Morgan fingerprint density at radius 2 is 1.67 bits per heavy atom. The number of phenolic OH excluding ortho intramolecular Hbond substituents is 1. The van der Waals surface area contributed by atoms with Crippen LogP contribution in [0, 0.1) is 20.8 Å². The lowest BCUT2D eigenvalue weighted by atomic mass is 10.1. The average Bonchev–Trinajstić information content (AvgIpc) is 2.56. The quantitative estimate of drug-likeness (QED) is 0.582. The Balaban J connectivity index is 2.07. The summed E-state index contributed by atoms with van der Waals surface area (Å²) in [5, 5.41) is 16.5. The SMILES string of the molecule is CCNC(=NCc1cc(C)c(O)c(C)c1)NCc1ccccc1C. The summed E-state index contributed by atoms with van der Waals surface area (Å²) in [6.45, 7) is 10.1. The molecule has 0 atom stereocenters. The van der Waals surface area contributed by atoms with Gasteiger partial charge in [-0.1, -0.05) is 36.4 Å². The highest BCUT2D eigenvalue weighted by Crippen LogP contribution is 2.23. The molecule has 0 aliphatic rings. The van der Waals surface area contributed by atoms with Crippen LogP contribution in [0.5, 0.6) is 5.75 Å². The molecule has 0 fully saturated rings. The Morgan fingerprint density at radius 1 is 1.00 bits per heavy atom. The van der Waals surface area contributed by atoms with E-state index in [0.717, 1.165) is 35.7 Å². The molecule has 4 nitrogen and oxygen atoms in total. The highest BCUT2D eigenvalue weighted by Gasteiger charge is 2.04. The van der Waals surface area contributed by atoms with E-state index in [1.54, 1.807) is 0 Å². The lowest BCUT2D eigenvalue weighted by Gasteiger charge is -2.13. The molecule has 0 saturated carbocycles. The minimum atomic E-state index is 0.368. The summed E-state index contributed by atoms with van der Waals surface area (Å²) in [5.41, 5.74) is 5.40. The number of nitrogens with one attached hydrogen (secondary N) is 2. The summed E-state index contributed by atoms with van der Waals surface area (Å²) in [5.74, 6) is 1.16. The molecule has 2 aromatic rings. The Labute approximate surface area is 144 Å². The summed E-state index contributed by atoms with van der Waals surface area (Å²) in [7, 11) is 0. The number of aliphatic imine (C=N–C) groups is 1. The van der Waals surface area contributed by atoms with Gasteiger partial charge >= 0.3 is 0 Å². The zero-order valence-corrected chi connectivity index (χ0v) is 15.0. The first-order valence-electron chi connectivity index (χ1n) is 8.37. The fraction of sp³-hybridized carbons (Fsp3) is 0.350. The van der Waals surface area contributed by atoms with E-state index in [1.165, 1.54) is 11.1 Å². The number of aryl methyl sites for hydroxylation is 3. The molecule has 0 aromatic heterocycles. The van der Waals surface area contributed by atoms with Crippen molar-refractivity contribution in [2.45, 2.75) is 40.8 Å². The van der Waals surface area contributed by atoms with Gasteiger partial charge < -0.3 is 15.7 Å². The third-order valence-electron chi connectivity index (χ3n) is 4.02. The molecule has 3 N–H and O–H groups in total. The van der Waals surface area contributed by atoms with E-state index in [-0.39, 0.29) is 0 Å². The summed E-state index contributed by atoms with van der Waals surface area (Å²) in [6.07, 6.45) is 0. The summed E-state index contributed by atoms with van der Waals surface area (Å²) >= 11 is 0. The highest BCUT2D eigenvalue weighted by molar-refractivity contribution is 5.79. The molecule has 2 rings (SSSR count). The highest BCUT2D eigenvalue weighted by atomic mass is 16.3. The van der Waals surface area contributed by atoms with Crippen molar-refractivity contribution in [3.63, 3.8) is 0 Å². The second kappa shape index (κ2) is 8.39. The van der Waals surface area contributed by atoms with E-state index >= 15 is 0 Å².